The van der Waals surface area contributed by atoms with Gasteiger partial charge in [0, 0.05) is 38.3 Å². The van der Waals surface area contributed by atoms with Gasteiger partial charge in [-0.05, 0) is 42.0 Å². The molecule has 1 N–H and O–H groups in total. The Kier molecular flexibility index (Phi) is 6.41. The standard InChI is InChI=1S/C24H23F3N4O/c25-24(26,27)20-8-6-18(7-9-20)17-30-12-14-31(15-13-30)22-11-10-21(16-28-22)29-23(32)19-4-2-1-3-5-19/h1-11,16H,12-15,17H2,(H,29,32). The Morgan fingerprint density at radius 1 is 0.906 bits per heavy atom. The highest BCUT2D eigenvalue weighted by Gasteiger charge is 2.30. The first-order valence-corrected chi connectivity index (χ1v) is 10.3. The Bertz CT molecular complexity index is 1030. The van der Waals surface area contributed by atoms with E-state index in [9.17, 15) is 18.0 Å². The maximum Gasteiger partial charge on any atom is 0.416 e. The smallest absolute Gasteiger partial charge is 0.354 e. The molecule has 0 saturated carbocycles. The molecule has 166 valence electrons. The lowest BCUT2D eigenvalue weighted by molar-refractivity contribution is -0.137. The van der Waals surface area contributed by atoms with Crippen molar-refractivity contribution >= 4 is 17.4 Å². The Balaban J connectivity index is 1.28. The molecular weight excluding hydrogens is 417 g/mol. The fourth-order valence-electron chi connectivity index (χ4n) is 3.63. The normalized spacial score (nSPS) is 14.9. The quantitative estimate of drug-likeness (QED) is 0.626. The first-order chi connectivity index (χ1) is 15.4. The van der Waals surface area contributed by atoms with Crippen LogP contribution in [0.3, 0.4) is 0 Å². The summed E-state index contributed by atoms with van der Waals surface area (Å²) in [6, 6.07) is 18.0. The number of amides is 1. The van der Waals surface area contributed by atoms with Crippen molar-refractivity contribution in [3.05, 3.63) is 89.6 Å². The first kappa shape index (κ1) is 21.8. The molecule has 1 aliphatic rings. The van der Waals surface area contributed by atoms with Crippen molar-refractivity contribution in [2.45, 2.75) is 12.7 Å². The summed E-state index contributed by atoms with van der Waals surface area (Å²) in [7, 11) is 0. The molecule has 0 bridgehead atoms. The average Bonchev–Trinajstić information content (AvgIpc) is 2.80. The molecule has 4 rings (SSSR count). The Morgan fingerprint density at radius 3 is 2.19 bits per heavy atom. The van der Waals surface area contributed by atoms with Gasteiger partial charge < -0.3 is 10.2 Å². The summed E-state index contributed by atoms with van der Waals surface area (Å²) in [5.74, 6) is 0.647. The van der Waals surface area contributed by atoms with Crippen LogP contribution in [0.4, 0.5) is 24.7 Å². The molecule has 0 aliphatic carbocycles. The number of hydrogen-bond donors (Lipinski definition) is 1. The molecule has 1 aromatic heterocycles. The molecule has 1 saturated heterocycles. The Hall–Kier alpha value is -3.39. The molecule has 1 aliphatic heterocycles. The van der Waals surface area contributed by atoms with Crippen molar-refractivity contribution in [1.82, 2.24) is 9.88 Å². The molecule has 3 aromatic rings. The van der Waals surface area contributed by atoms with E-state index >= 15 is 0 Å². The number of pyridine rings is 1. The van der Waals surface area contributed by atoms with E-state index in [1.807, 2.05) is 30.3 Å². The number of carbonyl (C=O) groups is 1. The number of piperazine rings is 1. The molecule has 0 radical (unpaired) electrons. The van der Waals surface area contributed by atoms with Crippen molar-refractivity contribution in [2.24, 2.45) is 0 Å². The van der Waals surface area contributed by atoms with Crippen LogP contribution in [0.1, 0.15) is 21.5 Å². The van der Waals surface area contributed by atoms with Gasteiger partial charge in [0.2, 0.25) is 0 Å². The Labute approximate surface area is 184 Å². The topological polar surface area (TPSA) is 48.5 Å². The van der Waals surface area contributed by atoms with Gasteiger partial charge in [0.25, 0.3) is 5.91 Å². The molecule has 1 fully saturated rings. The number of aromatic nitrogens is 1. The number of hydrogen-bond acceptors (Lipinski definition) is 4. The largest absolute Gasteiger partial charge is 0.416 e. The van der Waals surface area contributed by atoms with E-state index < -0.39 is 11.7 Å². The van der Waals surface area contributed by atoms with Gasteiger partial charge in [0.05, 0.1) is 17.4 Å². The van der Waals surface area contributed by atoms with Gasteiger partial charge in [-0.2, -0.15) is 13.2 Å². The number of rotatable bonds is 5. The number of halogens is 3. The second-order valence-electron chi connectivity index (χ2n) is 7.68. The van der Waals surface area contributed by atoms with Crippen LogP contribution in [-0.4, -0.2) is 42.0 Å². The van der Waals surface area contributed by atoms with Crippen LogP contribution in [0.2, 0.25) is 0 Å². The summed E-state index contributed by atoms with van der Waals surface area (Å²) >= 11 is 0. The average molecular weight is 440 g/mol. The number of nitrogens with one attached hydrogen (secondary N) is 1. The van der Waals surface area contributed by atoms with E-state index in [4.69, 9.17) is 0 Å². The van der Waals surface area contributed by atoms with Crippen molar-refractivity contribution < 1.29 is 18.0 Å². The summed E-state index contributed by atoms with van der Waals surface area (Å²) in [5, 5.41) is 2.84. The van der Waals surface area contributed by atoms with Crippen LogP contribution >= 0.6 is 0 Å². The van der Waals surface area contributed by atoms with E-state index in [0.29, 0.717) is 17.8 Å². The number of nitrogens with zero attached hydrogens (tertiary/aromatic N) is 3. The second-order valence-corrected chi connectivity index (χ2v) is 7.68. The molecule has 0 spiro atoms. The van der Waals surface area contributed by atoms with Crippen LogP contribution in [0.25, 0.3) is 0 Å². The van der Waals surface area contributed by atoms with Crippen LogP contribution in [-0.2, 0) is 12.7 Å². The summed E-state index contributed by atoms with van der Waals surface area (Å²) < 4.78 is 38.1. The van der Waals surface area contributed by atoms with E-state index in [1.165, 1.54) is 0 Å². The highest BCUT2D eigenvalue weighted by molar-refractivity contribution is 6.04. The zero-order valence-electron chi connectivity index (χ0n) is 17.3. The number of alkyl halides is 3. The second kappa shape index (κ2) is 9.40. The van der Waals surface area contributed by atoms with Crippen LogP contribution in [0.15, 0.2) is 72.9 Å². The maximum absolute atomic E-state index is 12.7. The van der Waals surface area contributed by atoms with Crippen LogP contribution in [0, 0.1) is 0 Å². The minimum atomic E-state index is -4.31. The molecule has 0 atom stereocenters. The molecule has 8 heteroatoms. The number of anilines is 2. The first-order valence-electron chi connectivity index (χ1n) is 10.3. The minimum absolute atomic E-state index is 0.183. The third-order valence-electron chi connectivity index (χ3n) is 5.43. The third-order valence-corrected chi connectivity index (χ3v) is 5.43. The Morgan fingerprint density at radius 2 is 1.59 bits per heavy atom. The van der Waals surface area contributed by atoms with Crippen molar-refractivity contribution in [3.8, 4) is 0 Å². The lowest BCUT2D eigenvalue weighted by Crippen LogP contribution is -2.46. The predicted octanol–water partition coefficient (Wildman–Crippen LogP) is 4.67. The van der Waals surface area contributed by atoms with Crippen molar-refractivity contribution in [3.63, 3.8) is 0 Å². The molecule has 32 heavy (non-hydrogen) atoms. The van der Waals surface area contributed by atoms with Gasteiger partial charge in [0.15, 0.2) is 0 Å². The van der Waals surface area contributed by atoms with Gasteiger partial charge in [-0.3, -0.25) is 9.69 Å². The van der Waals surface area contributed by atoms with E-state index in [0.717, 1.165) is 49.7 Å². The highest BCUT2D eigenvalue weighted by Crippen LogP contribution is 2.29. The van der Waals surface area contributed by atoms with E-state index in [1.54, 1.807) is 30.5 Å². The van der Waals surface area contributed by atoms with Crippen molar-refractivity contribution in [2.75, 3.05) is 36.4 Å². The van der Waals surface area contributed by atoms with Gasteiger partial charge in [0.1, 0.15) is 5.82 Å². The highest BCUT2D eigenvalue weighted by atomic mass is 19.4. The summed E-state index contributed by atoms with van der Waals surface area (Å²) in [6.45, 7) is 3.72. The summed E-state index contributed by atoms with van der Waals surface area (Å²) in [6.07, 6.45) is -2.66. The summed E-state index contributed by atoms with van der Waals surface area (Å²) in [4.78, 5) is 21.1. The molecular formula is C24H23F3N4O. The monoisotopic (exact) mass is 440 g/mol. The van der Waals surface area contributed by atoms with Gasteiger partial charge >= 0.3 is 6.18 Å². The minimum Gasteiger partial charge on any atom is -0.354 e. The van der Waals surface area contributed by atoms with E-state index in [2.05, 4.69) is 20.1 Å². The van der Waals surface area contributed by atoms with Crippen LogP contribution in [0.5, 0.6) is 0 Å². The lowest BCUT2D eigenvalue weighted by atomic mass is 10.1. The lowest BCUT2D eigenvalue weighted by Gasteiger charge is -2.35. The van der Waals surface area contributed by atoms with Crippen molar-refractivity contribution in [1.29, 1.82) is 0 Å². The zero-order chi connectivity index (χ0) is 22.6. The predicted molar refractivity (Wildman–Crippen MR) is 118 cm³/mol. The number of carbonyl (C=O) groups excluding carboxylic acids is 1. The molecule has 1 amide bonds. The fraction of sp³-hybridized carbons (Fsp3) is 0.250. The van der Waals surface area contributed by atoms with E-state index in [-0.39, 0.29) is 5.91 Å². The van der Waals surface area contributed by atoms with Gasteiger partial charge in [-0.1, -0.05) is 30.3 Å². The number of benzene rings is 2. The zero-order valence-corrected chi connectivity index (χ0v) is 17.3. The van der Waals surface area contributed by atoms with Gasteiger partial charge in [-0.25, -0.2) is 4.98 Å². The molecule has 2 heterocycles. The molecule has 5 nitrogen and oxygen atoms in total. The summed E-state index contributed by atoms with van der Waals surface area (Å²) in [5.41, 5.74) is 1.45. The third kappa shape index (κ3) is 5.45. The molecule has 0 unspecified atom stereocenters. The molecule has 2 aromatic carbocycles. The fourth-order valence-corrected chi connectivity index (χ4v) is 3.63. The van der Waals surface area contributed by atoms with Gasteiger partial charge in [-0.15, -0.1) is 0 Å². The SMILES string of the molecule is O=C(Nc1ccc(N2CCN(Cc3ccc(C(F)(F)F)cc3)CC2)nc1)c1ccccc1. The maximum atomic E-state index is 12.7. The van der Waals surface area contributed by atoms with Crippen LogP contribution < -0.4 is 10.2 Å².